The van der Waals surface area contributed by atoms with E-state index in [1.165, 1.54) is 18.4 Å². The molecule has 0 radical (unpaired) electrons. The van der Waals surface area contributed by atoms with Crippen LogP contribution in [-0.2, 0) is 4.79 Å². The van der Waals surface area contributed by atoms with Crippen LogP contribution in [0.3, 0.4) is 0 Å². The van der Waals surface area contributed by atoms with E-state index in [-0.39, 0.29) is 0 Å². The number of allylic oxidation sites excluding steroid dienone is 1. The van der Waals surface area contributed by atoms with Gasteiger partial charge in [0, 0.05) is 11.8 Å². The second-order valence-corrected chi connectivity index (χ2v) is 5.33. The van der Waals surface area contributed by atoms with E-state index in [0.29, 0.717) is 23.5 Å². The van der Waals surface area contributed by atoms with Crippen molar-refractivity contribution in [1.29, 1.82) is 0 Å². The molecule has 17 heavy (non-hydrogen) atoms. The third-order valence-corrected chi connectivity index (χ3v) is 4.31. The Morgan fingerprint density at radius 3 is 2.71 bits per heavy atom. The minimum absolute atomic E-state index is 0.328. The molecule has 0 heterocycles. The quantitative estimate of drug-likeness (QED) is 0.768. The second kappa shape index (κ2) is 4.48. The third kappa shape index (κ3) is 2.06. The molecule has 0 amide bonds. The summed E-state index contributed by atoms with van der Waals surface area (Å²) in [4.78, 5) is 12.0. The lowest BCUT2D eigenvalue weighted by Crippen LogP contribution is -2.21. The van der Waals surface area contributed by atoms with Gasteiger partial charge < -0.3 is 0 Å². The Balaban J connectivity index is 1.62. The molecule has 2 aliphatic carbocycles. The summed E-state index contributed by atoms with van der Waals surface area (Å²) in [5.41, 5.74) is 1.23. The van der Waals surface area contributed by atoms with Crippen molar-refractivity contribution in [2.24, 2.45) is 17.8 Å². The monoisotopic (exact) mass is 226 g/mol. The average molecular weight is 226 g/mol. The fraction of sp³-hybridized carbons (Fsp3) is 0.438. The maximum atomic E-state index is 12.0. The first-order valence-corrected chi connectivity index (χ1v) is 6.60. The van der Waals surface area contributed by atoms with Crippen molar-refractivity contribution in [2.75, 3.05) is 0 Å². The number of carbonyl (C=O) groups excluding carboxylic acids is 1. The van der Waals surface area contributed by atoms with Crippen molar-refractivity contribution in [3.05, 3.63) is 42.0 Å². The molecule has 88 valence electrons. The van der Waals surface area contributed by atoms with Gasteiger partial charge in [-0.25, -0.2) is 0 Å². The lowest BCUT2D eigenvalue weighted by molar-refractivity contribution is -0.125. The van der Waals surface area contributed by atoms with Gasteiger partial charge in [-0.05, 0) is 37.2 Å². The van der Waals surface area contributed by atoms with E-state index in [4.69, 9.17) is 0 Å². The van der Waals surface area contributed by atoms with Gasteiger partial charge in [0.25, 0.3) is 0 Å². The first-order chi connectivity index (χ1) is 8.34. The van der Waals surface area contributed by atoms with Gasteiger partial charge >= 0.3 is 0 Å². The first kappa shape index (κ1) is 10.8. The van der Waals surface area contributed by atoms with E-state index in [1.54, 1.807) is 0 Å². The molecule has 3 atom stereocenters. The second-order valence-electron chi connectivity index (χ2n) is 5.33. The van der Waals surface area contributed by atoms with E-state index >= 15 is 0 Å². The highest BCUT2D eigenvalue weighted by atomic mass is 16.1. The Morgan fingerprint density at radius 2 is 2.00 bits per heavy atom. The summed E-state index contributed by atoms with van der Waals surface area (Å²) in [7, 11) is 0. The fourth-order valence-electron chi connectivity index (χ4n) is 3.40. The van der Waals surface area contributed by atoms with Crippen molar-refractivity contribution in [3.63, 3.8) is 0 Å². The van der Waals surface area contributed by atoms with Gasteiger partial charge in [0.05, 0.1) is 0 Å². The minimum atomic E-state index is 0.328. The molecule has 0 unspecified atom stereocenters. The molecule has 0 aromatic heterocycles. The van der Waals surface area contributed by atoms with Crippen LogP contribution in [0.5, 0.6) is 0 Å². The van der Waals surface area contributed by atoms with Crippen LogP contribution in [0.25, 0.3) is 6.08 Å². The third-order valence-electron chi connectivity index (χ3n) is 4.31. The molecule has 2 saturated carbocycles. The van der Waals surface area contributed by atoms with Crippen LogP contribution in [-0.4, -0.2) is 5.78 Å². The zero-order chi connectivity index (χ0) is 11.7. The van der Waals surface area contributed by atoms with E-state index < -0.39 is 0 Å². The Labute approximate surface area is 103 Å². The van der Waals surface area contributed by atoms with Crippen molar-refractivity contribution in [1.82, 2.24) is 0 Å². The molecule has 0 aliphatic heterocycles. The molecule has 2 fully saturated rings. The summed E-state index contributed by atoms with van der Waals surface area (Å²) in [6.07, 6.45) is 8.86. The first-order valence-electron chi connectivity index (χ1n) is 6.60. The number of carbonyl (C=O) groups is 1. The van der Waals surface area contributed by atoms with E-state index in [1.807, 2.05) is 18.2 Å². The smallest absolute Gasteiger partial charge is 0.139 e. The van der Waals surface area contributed by atoms with Crippen molar-refractivity contribution >= 4 is 11.9 Å². The van der Waals surface area contributed by atoms with Crippen LogP contribution in [0.4, 0.5) is 0 Å². The molecule has 3 rings (SSSR count). The maximum absolute atomic E-state index is 12.0. The number of fused-ring (bicyclic) bond motifs is 2. The summed E-state index contributed by atoms with van der Waals surface area (Å²) in [5, 5.41) is 0. The van der Waals surface area contributed by atoms with Crippen molar-refractivity contribution in [2.45, 2.75) is 25.7 Å². The molecular weight excluding hydrogens is 208 g/mol. The van der Waals surface area contributed by atoms with E-state index in [0.717, 1.165) is 12.8 Å². The van der Waals surface area contributed by atoms with Crippen LogP contribution in [0.15, 0.2) is 36.4 Å². The number of hydrogen-bond acceptors (Lipinski definition) is 1. The standard InChI is InChI=1S/C16H18O/c17-16-14-10-9-13(11-14)15(16)8-4-7-12-5-2-1-3-6-12/h1-7,13-15H,8-11H2/b7-4+/t13-,14+,15+/m1/s1. The van der Waals surface area contributed by atoms with Crippen LogP contribution < -0.4 is 0 Å². The van der Waals surface area contributed by atoms with E-state index in [9.17, 15) is 4.79 Å². The van der Waals surface area contributed by atoms with Gasteiger partial charge in [-0.2, -0.15) is 0 Å². The number of ketones is 1. The summed E-state index contributed by atoms with van der Waals surface area (Å²) in [6.45, 7) is 0. The summed E-state index contributed by atoms with van der Waals surface area (Å²) >= 11 is 0. The zero-order valence-electron chi connectivity index (χ0n) is 10.0. The highest BCUT2D eigenvalue weighted by Crippen LogP contribution is 2.47. The van der Waals surface area contributed by atoms with Crippen LogP contribution in [0.1, 0.15) is 31.2 Å². The van der Waals surface area contributed by atoms with Crippen LogP contribution >= 0.6 is 0 Å². The van der Waals surface area contributed by atoms with E-state index in [2.05, 4.69) is 24.3 Å². The topological polar surface area (TPSA) is 17.1 Å². The molecule has 0 saturated heterocycles. The Hall–Kier alpha value is -1.37. The normalized spacial score (nSPS) is 31.5. The van der Waals surface area contributed by atoms with Gasteiger partial charge in [-0.3, -0.25) is 4.79 Å². The predicted octanol–water partition coefficient (Wildman–Crippen LogP) is 3.71. The molecule has 1 aromatic carbocycles. The maximum Gasteiger partial charge on any atom is 0.139 e. The predicted molar refractivity (Wildman–Crippen MR) is 69.4 cm³/mol. The molecule has 2 bridgehead atoms. The summed E-state index contributed by atoms with van der Waals surface area (Å²) < 4.78 is 0. The highest BCUT2D eigenvalue weighted by Gasteiger charge is 2.45. The highest BCUT2D eigenvalue weighted by molar-refractivity contribution is 5.87. The minimum Gasteiger partial charge on any atom is -0.299 e. The number of benzene rings is 1. The van der Waals surface area contributed by atoms with Crippen LogP contribution in [0.2, 0.25) is 0 Å². The van der Waals surface area contributed by atoms with Crippen molar-refractivity contribution in [3.8, 4) is 0 Å². The number of Topliss-reactive ketones (excluding diaryl/α,β-unsaturated/α-hetero) is 1. The molecule has 1 nitrogen and oxygen atoms in total. The Bertz CT molecular complexity index is 432. The Kier molecular flexibility index (Phi) is 2.84. The average Bonchev–Trinajstić information content (AvgIpc) is 2.94. The van der Waals surface area contributed by atoms with Gasteiger partial charge in [-0.15, -0.1) is 0 Å². The molecule has 0 spiro atoms. The Morgan fingerprint density at radius 1 is 1.18 bits per heavy atom. The van der Waals surface area contributed by atoms with Crippen LogP contribution in [0, 0.1) is 17.8 Å². The van der Waals surface area contributed by atoms with Gasteiger partial charge in [0.15, 0.2) is 0 Å². The molecule has 2 aliphatic rings. The molecular formula is C16H18O. The summed E-state index contributed by atoms with van der Waals surface area (Å²) in [6, 6.07) is 10.3. The molecule has 0 N–H and O–H groups in total. The lowest BCUT2D eigenvalue weighted by atomic mass is 9.85. The van der Waals surface area contributed by atoms with Gasteiger partial charge in [0.1, 0.15) is 5.78 Å². The number of hydrogen-bond donors (Lipinski definition) is 0. The number of rotatable bonds is 3. The zero-order valence-corrected chi connectivity index (χ0v) is 10.0. The largest absolute Gasteiger partial charge is 0.299 e. The van der Waals surface area contributed by atoms with Gasteiger partial charge in [-0.1, -0.05) is 42.5 Å². The summed E-state index contributed by atoms with van der Waals surface area (Å²) in [5.74, 6) is 1.97. The van der Waals surface area contributed by atoms with Crippen molar-refractivity contribution < 1.29 is 4.79 Å². The van der Waals surface area contributed by atoms with Gasteiger partial charge in [0.2, 0.25) is 0 Å². The molecule has 1 aromatic rings. The molecule has 1 heteroatoms. The lowest BCUT2D eigenvalue weighted by Gasteiger charge is -2.18. The fourth-order valence-corrected chi connectivity index (χ4v) is 3.40. The SMILES string of the molecule is O=C1[C@H]2CC[C@H](C2)[C@@H]1C/C=C/c1ccccc1.